The molecule has 170 valence electrons. The summed E-state index contributed by atoms with van der Waals surface area (Å²) in [6, 6.07) is 12.3. The SMILES string of the molecule is O=C(C[C@@]1(COc2cccc(Cl)c2)CN(C(=O)c2ccccn2)CCO1)N1CCOCC1. The third-order valence-electron chi connectivity index (χ3n) is 5.55. The van der Waals surface area contributed by atoms with Crippen molar-refractivity contribution in [2.24, 2.45) is 0 Å². The van der Waals surface area contributed by atoms with Gasteiger partial charge in [-0.15, -0.1) is 0 Å². The van der Waals surface area contributed by atoms with Crippen molar-refractivity contribution in [1.29, 1.82) is 0 Å². The van der Waals surface area contributed by atoms with E-state index in [1.54, 1.807) is 58.5 Å². The Kier molecular flexibility index (Phi) is 7.24. The number of benzene rings is 1. The minimum absolute atomic E-state index is 0.0462. The van der Waals surface area contributed by atoms with Crippen molar-refractivity contribution < 1.29 is 23.8 Å². The molecule has 2 fully saturated rings. The van der Waals surface area contributed by atoms with E-state index >= 15 is 0 Å². The van der Waals surface area contributed by atoms with Crippen LogP contribution in [0.4, 0.5) is 0 Å². The van der Waals surface area contributed by atoms with Crippen LogP contribution in [0.1, 0.15) is 16.9 Å². The molecule has 0 unspecified atom stereocenters. The zero-order valence-electron chi connectivity index (χ0n) is 17.7. The monoisotopic (exact) mass is 459 g/mol. The largest absolute Gasteiger partial charge is 0.490 e. The quantitative estimate of drug-likeness (QED) is 0.659. The van der Waals surface area contributed by atoms with Gasteiger partial charge in [-0.25, -0.2) is 0 Å². The van der Waals surface area contributed by atoms with E-state index in [1.165, 1.54) is 0 Å². The molecule has 3 heterocycles. The summed E-state index contributed by atoms with van der Waals surface area (Å²) >= 11 is 6.08. The van der Waals surface area contributed by atoms with E-state index in [0.717, 1.165) is 0 Å². The normalized spacial score (nSPS) is 21.3. The molecule has 0 spiro atoms. The third-order valence-corrected chi connectivity index (χ3v) is 5.79. The second-order valence-corrected chi connectivity index (χ2v) is 8.33. The maximum absolute atomic E-state index is 13.1. The number of rotatable bonds is 6. The average molecular weight is 460 g/mol. The predicted molar refractivity (Wildman–Crippen MR) is 118 cm³/mol. The molecule has 2 aromatic rings. The number of pyridine rings is 1. The van der Waals surface area contributed by atoms with Crippen LogP contribution in [0.2, 0.25) is 5.02 Å². The van der Waals surface area contributed by atoms with Crippen molar-refractivity contribution in [3.8, 4) is 5.75 Å². The van der Waals surface area contributed by atoms with Crippen LogP contribution in [0.3, 0.4) is 0 Å². The van der Waals surface area contributed by atoms with Crippen molar-refractivity contribution in [2.75, 3.05) is 52.6 Å². The highest BCUT2D eigenvalue weighted by atomic mass is 35.5. The van der Waals surface area contributed by atoms with E-state index in [4.69, 9.17) is 25.8 Å². The van der Waals surface area contributed by atoms with E-state index in [9.17, 15) is 9.59 Å². The molecule has 2 saturated heterocycles. The van der Waals surface area contributed by atoms with Crippen LogP contribution in [-0.2, 0) is 14.3 Å². The van der Waals surface area contributed by atoms with Gasteiger partial charge in [0.05, 0.1) is 32.8 Å². The summed E-state index contributed by atoms with van der Waals surface area (Å²) in [6.07, 6.45) is 1.69. The molecule has 9 heteroatoms. The van der Waals surface area contributed by atoms with Gasteiger partial charge in [-0.1, -0.05) is 23.7 Å². The molecule has 0 bridgehead atoms. The summed E-state index contributed by atoms with van der Waals surface area (Å²) in [4.78, 5) is 33.7. The molecule has 2 aliphatic heterocycles. The van der Waals surface area contributed by atoms with Crippen molar-refractivity contribution in [3.05, 3.63) is 59.4 Å². The first-order valence-electron chi connectivity index (χ1n) is 10.6. The topological polar surface area (TPSA) is 81.2 Å². The molecule has 0 aliphatic carbocycles. The smallest absolute Gasteiger partial charge is 0.272 e. The Labute approximate surface area is 192 Å². The molecule has 2 aliphatic rings. The van der Waals surface area contributed by atoms with Gasteiger partial charge in [0.25, 0.3) is 5.91 Å². The minimum Gasteiger partial charge on any atom is -0.490 e. The Morgan fingerprint density at radius 2 is 1.88 bits per heavy atom. The van der Waals surface area contributed by atoms with E-state index < -0.39 is 5.60 Å². The lowest BCUT2D eigenvalue weighted by molar-refractivity contribution is -0.155. The average Bonchev–Trinajstić information content (AvgIpc) is 2.84. The van der Waals surface area contributed by atoms with Crippen molar-refractivity contribution in [3.63, 3.8) is 0 Å². The fourth-order valence-electron chi connectivity index (χ4n) is 3.89. The zero-order valence-corrected chi connectivity index (χ0v) is 18.5. The van der Waals surface area contributed by atoms with Crippen LogP contribution in [0.15, 0.2) is 48.7 Å². The molecule has 2 amide bonds. The Bertz CT molecular complexity index is 938. The number of nitrogens with zero attached hydrogens (tertiary/aromatic N) is 3. The number of hydrogen-bond donors (Lipinski definition) is 0. The highest BCUT2D eigenvalue weighted by Gasteiger charge is 2.42. The number of hydrogen-bond acceptors (Lipinski definition) is 6. The van der Waals surface area contributed by atoms with E-state index in [0.29, 0.717) is 55.9 Å². The van der Waals surface area contributed by atoms with Gasteiger partial charge in [-0.2, -0.15) is 0 Å². The summed E-state index contributed by atoms with van der Waals surface area (Å²) in [5, 5.41) is 0.553. The maximum Gasteiger partial charge on any atom is 0.272 e. The first-order chi connectivity index (χ1) is 15.5. The molecule has 0 N–H and O–H groups in total. The summed E-state index contributed by atoms with van der Waals surface area (Å²) in [5.41, 5.74) is -0.626. The Morgan fingerprint density at radius 3 is 2.62 bits per heavy atom. The van der Waals surface area contributed by atoms with Crippen LogP contribution >= 0.6 is 11.6 Å². The number of amides is 2. The standard InChI is InChI=1S/C23H26ClN3O5/c24-18-4-3-5-19(14-18)31-17-23(15-21(28)26-8-11-30-12-9-26)16-27(10-13-32-23)22(29)20-6-1-2-7-25-20/h1-7,14H,8-13,15-17H2/t23-/m0/s1. The lowest BCUT2D eigenvalue weighted by atomic mass is 9.96. The number of morpholine rings is 2. The van der Waals surface area contributed by atoms with Gasteiger partial charge in [0.1, 0.15) is 23.7 Å². The fraction of sp³-hybridized carbons (Fsp3) is 0.435. The number of carbonyl (C=O) groups excluding carboxylic acids is 2. The second kappa shape index (κ2) is 10.3. The number of aromatic nitrogens is 1. The highest BCUT2D eigenvalue weighted by molar-refractivity contribution is 6.30. The van der Waals surface area contributed by atoms with E-state index in [2.05, 4.69) is 4.98 Å². The molecule has 1 aromatic heterocycles. The van der Waals surface area contributed by atoms with Gasteiger partial charge in [0, 0.05) is 30.9 Å². The molecule has 0 radical (unpaired) electrons. The van der Waals surface area contributed by atoms with Crippen LogP contribution in [0.25, 0.3) is 0 Å². The summed E-state index contributed by atoms with van der Waals surface area (Å²) in [7, 11) is 0. The lowest BCUT2D eigenvalue weighted by Crippen LogP contribution is -2.58. The third kappa shape index (κ3) is 5.56. The minimum atomic E-state index is -0.986. The van der Waals surface area contributed by atoms with Crippen LogP contribution in [0, 0.1) is 0 Å². The van der Waals surface area contributed by atoms with Crippen molar-refractivity contribution >= 4 is 23.4 Å². The second-order valence-electron chi connectivity index (χ2n) is 7.89. The molecule has 0 saturated carbocycles. The molecule has 8 nitrogen and oxygen atoms in total. The van der Waals surface area contributed by atoms with Gasteiger partial charge in [0.2, 0.25) is 5.91 Å². The lowest BCUT2D eigenvalue weighted by Gasteiger charge is -2.43. The van der Waals surface area contributed by atoms with Crippen molar-refractivity contribution in [2.45, 2.75) is 12.0 Å². The highest BCUT2D eigenvalue weighted by Crippen LogP contribution is 2.27. The molecule has 1 atom stereocenters. The van der Waals surface area contributed by atoms with Gasteiger partial charge >= 0.3 is 0 Å². The summed E-state index contributed by atoms with van der Waals surface area (Å²) < 4.78 is 17.5. The molecular formula is C23H26ClN3O5. The summed E-state index contributed by atoms with van der Waals surface area (Å²) in [6.45, 7) is 3.16. The Hall–Kier alpha value is -2.68. The summed E-state index contributed by atoms with van der Waals surface area (Å²) in [5.74, 6) is 0.336. The van der Waals surface area contributed by atoms with Crippen LogP contribution in [0.5, 0.6) is 5.75 Å². The predicted octanol–water partition coefficient (Wildman–Crippen LogP) is 2.27. The number of carbonyl (C=O) groups is 2. The van der Waals surface area contributed by atoms with Gasteiger partial charge < -0.3 is 24.0 Å². The van der Waals surface area contributed by atoms with E-state index in [-0.39, 0.29) is 31.4 Å². The van der Waals surface area contributed by atoms with E-state index in [1.807, 2.05) is 0 Å². The first-order valence-corrected chi connectivity index (χ1v) is 11.0. The molecule has 1 aromatic carbocycles. The molecule has 4 rings (SSSR count). The Balaban J connectivity index is 1.52. The maximum atomic E-state index is 13.1. The van der Waals surface area contributed by atoms with Gasteiger partial charge in [0.15, 0.2) is 0 Å². The van der Waals surface area contributed by atoms with Gasteiger partial charge in [-0.05, 0) is 30.3 Å². The van der Waals surface area contributed by atoms with Crippen LogP contribution < -0.4 is 4.74 Å². The number of ether oxygens (including phenoxy) is 3. The van der Waals surface area contributed by atoms with Gasteiger partial charge in [-0.3, -0.25) is 14.6 Å². The molecule has 32 heavy (non-hydrogen) atoms. The first kappa shape index (κ1) is 22.5. The fourth-order valence-corrected chi connectivity index (χ4v) is 4.07. The zero-order chi connectivity index (χ0) is 22.4. The Morgan fingerprint density at radius 1 is 1.06 bits per heavy atom. The van der Waals surface area contributed by atoms with Crippen LogP contribution in [-0.4, -0.2) is 84.8 Å². The molecular weight excluding hydrogens is 434 g/mol. The number of halogens is 1. The van der Waals surface area contributed by atoms with Crippen molar-refractivity contribution in [1.82, 2.24) is 14.8 Å².